The second-order valence-corrected chi connectivity index (χ2v) is 12.9. The minimum Gasteiger partial charge on any atom is -0.352 e. The second kappa shape index (κ2) is 9.51. The van der Waals surface area contributed by atoms with E-state index in [0.717, 1.165) is 10.8 Å². The Morgan fingerprint density at radius 3 is 2.48 bits per heavy atom. The third-order valence-corrected chi connectivity index (χ3v) is 9.69. The predicted molar refractivity (Wildman–Crippen MR) is 105 cm³/mol. The summed E-state index contributed by atoms with van der Waals surface area (Å²) in [6.45, 7) is 0.478. The number of hydrogen-bond acceptors (Lipinski definition) is 9. The first-order valence-corrected chi connectivity index (χ1v) is 13.8. The summed E-state index contributed by atoms with van der Waals surface area (Å²) in [6, 6.07) is -1.21. The molecule has 0 amide bonds. The zero-order valence-corrected chi connectivity index (χ0v) is 19.4. The van der Waals surface area contributed by atoms with Crippen LogP contribution in [0.25, 0.3) is 10.4 Å². The molecule has 1 fully saturated rings. The lowest BCUT2D eigenvalue weighted by atomic mass is 10.1. The van der Waals surface area contributed by atoms with E-state index in [2.05, 4.69) is 18.9 Å². The highest BCUT2D eigenvalue weighted by molar-refractivity contribution is 7.76. The van der Waals surface area contributed by atoms with Gasteiger partial charge < -0.3 is 23.9 Å². The smallest absolute Gasteiger partial charge is 0.352 e. The maximum absolute atomic E-state index is 14.2. The Hall–Kier alpha value is -1.70. The summed E-state index contributed by atoms with van der Waals surface area (Å²) in [5, 5.41) is -2.18. The van der Waals surface area contributed by atoms with Gasteiger partial charge in [-0.15, -0.1) is 0 Å². The van der Waals surface area contributed by atoms with Gasteiger partial charge in [-0.05, 0) is 12.5 Å². The van der Waals surface area contributed by atoms with Gasteiger partial charge in [0, 0.05) is 29.8 Å². The molecule has 2 rings (SSSR count). The van der Waals surface area contributed by atoms with Crippen molar-refractivity contribution in [3.05, 3.63) is 43.0 Å². The Morgan fingerprint density at radius 2 is 1.94 bits per heavy atom. The molecule has 1 aromatic heterocycles. The fourth-order valence-corrected chi connectivity index (χ4v) is 7.01. The van der Waals surface area contributed by atoms with Crippen molar-refractivity contribution in [1.82, 2.24) is 9.55 Å². The maximum atomic E-state index is 14.2. The second-order valence-electron chi connectivity index (χ2n) is 6.85. The Kier molecular flexibility index (Phi) is 7.94. The van der Waals surface area contributed by atoms with E-state index in [1.165, 1.54) is 6.92 Å². The molecule has 16 nitrogen and oxygen atoms in total. The molecule has 0 bridgehead atoms. The number of H-pyrrole nitrogens is 1. The summed E-state index contributed by atoms with van der Waals surface area (Å²) in [7, 11) is -17.8. The molecule has 4 unspecified atom stereocenters. The SMILES string of the molecule is Cc1cn([C@@H]2CC(N=[N+]=[N-])[C@H](COP(=O)(O)C(F)(F)P(=O)(O)OP(C)(=O)O)O2)c(=O)[nH]c1=O. The van der Waals surface area contributed by atoms with Crippen LogP contribution >= 0.6 is 22.8 Å². The van der Waals surface area contributed by atoms with Gasteiger partial charge in [0.15, 0.2) is 0 Å². The summed E-state index contributed by atoms with van der Waals surface area (Å²) in [4.78, 5) is 55.8. The molecule has 0 aromatic carbocycles. The summed E-state index contributed by atoms with van der Waals surface area (Å²) >= 11 is 0. The van der Waals surface area contributed by atoms with Crippen LogP contribution in [-0.4, -0.2) is 55.1 Å². The molecule has 1 aliphatic rings. The molecule has 0 saturated carbocycles. The van der Waals surface area contributed by atoms with Crippen molar-refractivity contribution in [3.63, 3.8) is 0 Å². The molecule has 33 heavy (non-hydrogen) atoms. The Bertz CT molecular complexity index is 1220. The minimum atomic E-state index is -6.49. The average molecular weight is 539 g/mol. The van der Waals surface area contributed by atoms with Gasteiger partial charge in [-0.25, -0.2) is 9.11 Å². The first kappa shape index (κ1) is 27.5. The molecule has 186 valence electrons. The largest absolute Gasteiger partial charge is 0.444 e. The molecule has 2 heterocycles. The highest BCUT2D eigenvalue weighted by atomic mass is 31.3. The van der Waals surface area contributed by atoms with E-state index in [0.29, 0.717) is 6.66 Å². The third kappa shape index (κ3) is 6.06. The van der Waals surface area contributed by atoms with E-state index >= 15 is 0 Å². The number of rotatable bonds is 9. The number of aryl methyl sites for hydroxylation is 1. The zero-order valence-electron chi connectivity index (χ0n) is 16.7. The molecular weight excluding hydrogens is 521 g/mol. The lowest BCUT2D eigenvalue weighted by Crippen LogP contribution is -2.33. The van der Waals surface area contributed by atoms with Crippen LogP contribution in [-0.2, 0) is 27.3 Å². The first-order valence-electron chi connectivity index (χ1n) is 8.63. The van der Waals surface area contributed by atoms with Crippen LogP contribution in [0.15, 0.2) is 20.9 Å². The number of nitrogens with zero attached hydrogens (tertiary/aromatic N) is 4. The van der Waals surface area contributed by atoms with Gasteiger partial charge in [0.05, 0.1) is 18.8 Å². The van der Waals surface area contributed by atoms with Gasteiger partial charge in [-0.1, -0.05) is 5.11 Å². The molecule has 6 atom stereocenters. The number of nitrogens with one attached hydrogen (secondary N) is 1. The molecular formula is C12H18F2N5O11P3. The number of alkyl halides is 2. The lowest BCUT2D eigenvalue weighted by molar-refractivity contribution is -0.0276. The monoisotopic (exact) mass is 539 g/mol. The Labute approximate surface area is 182 Å². The molecule has 0 radical (unpaired) electrons. The molecule has 0 aliphatic carbocycles. The standard InChI is InChI=1S/C12H18F2N5O11P3/c1-6-4-19(11(21)16-10(6)20)9-3-7(17-18-15)8(29-9)5-28-32(24,25)12(13,14)33(26,27)30-31(2,22)23/h4,7-9H,3,5H2,1-2H3,(H,22,23)(H,24,25)(H,26,27)(H,16,20,21)/t7?,8-,9-/m0/s1. The van der Waals surface area contributed by atoms with Crippen molar-refractivity contribution in [2.75, 3.05) is 13.3 Å². The van der Waals surface area contributed by atoms with Crippen molar-refractivity contribution in [1.29, 1.82) is 0 Å². The van der Waals surface area contributed by atoms with Crippen LogP contribution in [0.5, 0.6) is 0 Å². The van der Waals surface area contributed by atoms with Crippen LogP contribution in [0.2, 0.25) is 0 Å². The van der Waals surface area contributed by atoms with Crippen molar-refractivity contribution in [2.45, 2.75) is 37.1 Å². The number of ether oxygens (including phenoxy) is 1. The highest BCUT2D eigenvalue weighted by Crippen LogP contribution is 2.78. The average Bonchev–Trinajstić information content (AvgIpc) is 3.04. The number of aromatic amines is 1. The summed E-state index contributed by atoms with van der Waals surface area (Å²) in [6.07, 6.45) is -1.82. The topological polar surface area (TPSA) is 243 Å². The van der Waals surface area contributed by atoms with Gasteiger partial charge in [0.2, 0.25) is 0 Å². The van der Waals surface area contributed by atoms with E-state index < -0.39 is 64.4 Å². The number of hydrogen-bond donors (Lipinski definition) is 4. The third-order valence-electron chi connectivity index (χ3n) is 4.22. The first-order chi connectivity index (χ1) is 14.9. The molecule has 1 aromatic rings. The number of aromatic nitrogens is 2. The van der Waals surface area contributed by atoms with Gasteiger partial charge >= 0.3 is 33.9 Å². The van der Waals surface area contributed by atoms with Crippen LogP contribution in [0, 0.1) is 6.92 Å². The summed E-state index contributed by atoms with van der Waals surface area (Å²) in [5.74, 6) is 0. The van der Waals surface area contributed by atoms with Gasteiger partial charge in [0.25, 0.3) is 5.56 Å². The highest BCUT2D eigenvalue weighted by Gasteiger charge is 2.68. The molecule has 1 saturated heterocycles. The van der Waals surface area contributed by atoms with Gasteiger partial charge in [0.1, 0.15) is 6.23 Å². The summed E-state index contributed by atoms with van der Waals surface area (Å²) in [5.41, 5.74) is 7.20. The van der Waals surface area contributed by atoms with Crippen LogP contribution in [0.3, 0.4) is 0 Å². The van der Waals surface area contributed by atoms with E-state index in [1.807, 2.05) is 4.98 Å². The number of azide groups is 1. The van der Waals surface area contributed by atoms with Gasteiger partial charge in [-0.2, -0.15) is 8.78 Å². The van der Waals surface area contributed by atoms with Gasteiger partial charge in [-0.3, -0.25) is 28.0 Å². The van der Waals surface area contributed by atoms with E-state index in [-0.39, 0.29) is 12.0 Å². The summed E-state index contributed by atoms with van der Waals surface area (Å²) < 4.78 is 77.2. The molecule has 21 heteroatoms. The fourth-order valence-electron chi connectivity index (χ4n) is 2.69. The Balaban J connectivity index is 2.25. The van der Waals surface area contributed by atoms with Crippen molar-refractivity contribution in [3.8, 4) is 0 Å². The lowest BCUT2D eigenvalue weighted by Gasteiger charge is -2.27. The van der Waals surface area contributed by atoms with E-state index in [9.17, 15) is 41.9 Å². The van der Waals surface area contributed by atoms with Crippen molar-refractivity contribution in [2.24, 2.45) is 5.11 Å². The normalized spacial score (nSPS) is 26.6. The van der Waals surface area contributed by atoms with Crippen LogP contribution in [0.1, 0.15) is 18.2 Å². The Morgan fingerprint density at radius 1 is 1.33 bits per heavy atom. The van der Waals surface area contributed by atoms with E-state index in [4.69, 9.17) is 15.2 Å². The fraction of sp³-hybridized carbons (Fsp3) is 0.667. The van der Waals surface area contributed by atoms with E-state index in [1.54, 1.807) is 0 Å². The number of halogens is 2. The van der Waals surface area contributed by atoms with Crippen LogP contribution in [0.4, 0.5) is 8.78 Å². The maximum Gasteiger partial charge on any atom is 0.444 e. The molecule has 0 spiro atoms. The van der Waals surface area contributed by atoms with Crippen molar-refractivity contribution < 1.29 is 50.7 Å². The van der Waals surface area contributed by atoms with Crippen LogP contribution < -0.4 is 11.2 Å². The molecule has 4 N–H and O–H groups in total. The van der Waals surface area contributed by atoms with Crippen molar-refractivity contribution >= 4 is 22.8 Å². The zero-order chi connectivity index (χ0) is 25.4. The quantitative estimate of drug-likeness (QED) is 0.152. The minimum absolute atomic E-state index is 0.105. The predicted octanol–water partition coefficient (Wildman–Crippen LogP) is 1.58. The molecule has 1 aliphatic heterocycles.